The fraction of sp³-hybridized carbons (Fsp3) is 0.400. The lowest BCUT2D eigenvalue weighted by Crippen LogP contribution is -2.17. The van der Waals surface area contributed by atoms with Crippen LogP contribution in [0.15, 0.2) is 24.3 Å². The molecule has 0 bridgehead atoms. The van der Waals surface area contributed by atoms with E-state index in [1.165, 1.54) is 12.1 Å². The Morgan fingerprint density at radius 1 is 1.11 bits per heavy atom. The van der Waals surface area contributed by atoms with Crippen LogP contribution in [0, 0.1) is 0 Å². The van der Waals surface area contributed by atoms with Crippen LogP contribution in [0.1, 0.15) is 72.0 Å². The van der Waals surface area contributed by atoms with Gasteiger partial charge in [-0.25, -0.2) is 14.8 Å². The van der Waals surface area contributed by atoms with Gasteiger partial charge in [-0.3, -0.25) is 4.79 Å². The van der Waals surface area contributed by atoms with Crippen molar-refractivity contribution >= 4 is 23.5 Å². The summed E-state index contributed by atoms with van der Waals surface area (Å²) >= 11 is 6.37. The van der Waals surface area contributed by atoms with Gasteiger partial charge in [0.05, 0.1) is 17.2 Å². The SMILES string of the molecule is CCCCc1nc(Cl)c(C(CC)C(=O)O)c(Cc2ccc(C(=O)O)cc2)n1. The lowest BCUT2D eigenvalue weighted by atomic mass is 9.93. The van der Waals surface area contributed by atoms with Gasteiger partial charge in [0.15, 0.2) is 0 Å². The summed E-state index contributed by atoms with van der Waals surface area (Å²) in [4.78, 5) is 31.6. The van der Waals surface area contributed by atoms with Gasteiger partial charge in [0, 0.05) is 18.4 Å². The first kappa shape index (κ1) is 20.8. The highest BCUT2D eigenvalue weighted by Gasteiger charge is 2.26. The molecule has 0 spiro atoms. The Hall–Kier alpha value is -2.47. The van der Waals surface area contributed by atoms with Gasteiger partial charge in [-0.15, -0.1) is 0 Å². The van der Waals surface area contributed by atoms with Crippen molar-refractivity contribution < 1.29 is 19.8 Å². The Morgan fingerprint density at radius 2 is 1.78 bits per heavy atom. The van der Waals surface area contributed by atoms with Gasteiger partial charge in [-0.05, 0) is 30.5 Å². The fourth-order valence-electron chi connectivity index (χ4n) is 2.92. The normalized spacial score (nSPS) is 12.0. The summed E-state index contributed by atoms with van der Waals surface area (Å²) in [5, 5.41) is 18.8. The number of aromatic nitrogens is 2. The highest BCUT2D eigenvalue weighted by atomic mass is 35.5. The molecule has 7 heteroatoms. The molecule has 1 aromatic heterocycles. The van der Waals surface area contributed by atoms with Crippen LogP contribution in [0.2, 0.25) is 5.15 Å². The highest BCUT2D eigenvalue weighted by Crippen LogP contribution is 2.30. The minimum atomic E-state index is -0.994. The summed E-state index contributed by atoms with van der Waals surface area (Å²) in [5.41, 5.74) is 2.05. The molecule has 0 saturated heterocycles. The molecule has 0 saturated carbocycles. The summed E-state index contributed by atoms with van der Waals surface area (Å²) in [7, 11) is 0. The van der Waals surface area contributed by atoms with E-state index in [0.717, 1.165) is 18.4 Å². The van der Waals surface area contributed by atoms with Crippen molar-refractivity contribution in [3.8, 4) is 0 Å². The predicted molar refractivity (Wildman–Crippen MR) is 103 cm³/mol. The van der Waals surface area contributed by atoms with E-state index in [0.29, 0.717) is 36.3 Å². The predicted octanol–water partition coefficient (Wildman–Crippen LogP) is 4.34. The van der Waals surface area contributed by atoms with Crippen molar-refractivity contribution in [2.24, 2.45) is 0 Å². The first-order chi connectivity index (χ1) is 12.9. The van der Waals surface area contributed by atoms with Crippen LogP contribution in [-0.4, -0.2) is 32.1 Å². The van der Waals surface area contributed by atoms with Crippen molar-refractivity contribution in [3.05, 3.63) is 57.6 Å². The zero-order chi connectivity index (χ0) is 20.0. The number of rotatable bonds is 9. The minimum absolute atomic E-state index is 0.183. The van der Waals surface area contributed by atoms with Crippen LogP contribution in [0.4, 0.5) is 0 Å². The number of aromatic carboxylic acids is 1. The van der Waals surface area contributed by atoms with Gasteiger partial charge in [-0.2, -0.15) is 0 Å². The second-order valence-electron chi connectivity index (χ2n) is 6.37. The largest absolute Gasteiger partial charge is 0.481 e. The lowest BCUT2D eigenvalue weighted by molar-refractivity contribution is -0.138. The number of aliphatic carboxylic acids is 1. The molecule has 0 radical (unpaired) electrons. The molecule has 0 aliphatic rings. The van der Waals surface area contributed by atoms with E-state index in [1.807, 2.05) is 0 Å². The maximum atomic E-state index is 11.7. The quantitative estimate of drug-likeness (QED) is 0.617. The van der Waals surface area contributed by atoms with Crippen LogP contribution >= 0.6 is 11.6 Å². The monoisotopic (exact) mass is 390 g/mol. The molecule has 0 aliphatic carbocycles. The number of carbonyl (C=O) groups is 2. The molecule has 144 valence electrons. The van der Waals surface area contributed by atoms with Gasteiger partial charge in [0.2, 0.25) is 0 Å². The van der Waals surface area contributed by atoms with Gasteiger partial charge in [0.25, 0.3) is 0 Å². The summed E-state index contributed by atoms with van der Waals surface area (Å²) in [6, 6.07) is 6.45. The average molecular weight is 391 g/mol. The van der Waals surface area contributed by atoms with Gasteiger partial charge >= 0.3 is 11.9 Å². The van der Waals surface area contributed by atoms with Crippen LogP contribution < -0.4 is 0 Å². The summed E-state index contributed by atoms with van der Waals surface area (Å²) < 4.78 is 0. The second-order valence-corrected chi connectivity index (χ2v) is 6.73. The molecule has 27 heavy (non-hydrogen) atoms. The number of carboxylic acid groups (broad SMARTS) is 2. The van der Waals surface area contributed by atoms with Crippen LogP contribution in [0.25, 0.3) is 0 Å². The molecule has 2 N–H and O–H groups in total. The third-order valence-corrected chi connectivity index (χ3v) is 4.69. The minimum Gasteiger partial charge on any atom is -0.481 e. The highest BCUT2D eigenvalue weighted by molar-refractivity contribution is 6.30. The molecule has 1 unspecified atom stereocenters. The lowest BCUT2D eigenvalue weighted by Gasteiger charge is -2.17. The number of unbranched alkanes of at least 4 members (excludes halogenated alkanes) is 1. The maximum absolute atomic E-state index is 11.7. The van der Waals surface area contributed by atoms with E-state index in [-0.39, 0.29) is 10.7 Å². The number of hydrogen-bond donors (Lipinski definition) is 2. The molecule has 6 nitrogen and oxygen atoms in total. The van der Waals surface area contributed by atoms with Crippen molar-refractivity contribution in [3.63, 3.8) is 0 Å². The number of benzene rings is 1. The number of nitrogens with zero attached hydrogens (tertiary/aromatic N) is 2. The Labute approximate surface area is 163 Å². The molecule has 0 fully saturated rings. The van der Waals surface area contributed by atoms with E-state index in [4.69, 9.17) is 16.7 Å². The van der Waals surface area contributed by atoms with Crippen molar-refractivity contribution in [1.29, 1.82) is 0 Å². The molecular weight excluding hydrogens is 368 g/mol. The van der Waals surface area contributed by atoms with Crippen molar-refractivity contribution in [2.75, 3.05) is 0 Å². The number of aryl methyl sites for hydroxylation is 1. The first-order valence-electron chi connectivity index (χ1n) is 8.97. The number of hydrogen-bond acceptors (Lipinski definition) is 4. The molecule has 0 amide bonds. The Bertz CT molecular complexity index is 821. The molecule has 1 heterocycles. The molecule has 1 atom stereocenters. The van der Waals surface area contributed by atoms with Gasteiger partial charge in [0.1, 0.15) is 11.0 Å². The second kappa shape index (κ2) is 9.46. The van der Waals surface area contributed by atoms with Crippen LogP contribution in [0.5, 0.6) is 0 Å². The first-order valence-corrected chi connectivity index (χ1v) is 9.35. The van der Waals surface area contributed by atoms with Gasteiger partial charge in [-0.1, -0.05) is 44.0 Å². The standard InChI is InChI=1S/C20H23ClN2O4/c1-3-5-6-16-22-15(11-12-7-9-13(10-8-12)19(24)25)17(18(21)23-16)14(4-2)20(26)27/h7-10,14H,3-6,11H2,1-2H3,(H,24,25)(H,26,27). The molecular formula is C20H23ClN2O4. The number of carboxylic acids is 2. The van der Waals surface area contributed by atoms with Crippen LogP contribution in [0.3, 0.4) is 0 Å². The maximum Gasteiger partial charge on any atom is 0.335 e. The van der Waals surface area contributed by atoms with Crippen LogP contribution in [-0.2, 0) is 17.6 Å². The molecule has 2 rings (SSSR count). The molecule has 1 aromatic carbocycles. The average Bonchev–Trinajstić information content (AvgIpc) is 2.62. The van der Waals surface area contributed by atoms with E-state index >= 15 is 0 Å². The zero-order valence-electron chi connectivity index (χ0n) is 15.4. The zero-order valence-corrected chi connectivity index (χ0v) is 16.2. The molecule has 0 aliphatic heterocycles. The van der Waals surface area contributed by atoms with E-state index in [1.54, 1.807) is 19.1 Å². The van der Waals surface area contributed by atoms with E-state index < -0.39 is 17.9 Å². The van der Waals surface area contributed by atoms with Gasteiger partial charge < -0.3 is 10.2 Å². The number of halogens is 1. The third-order valence-electron chi connectivity index (χ3n) is 4.41. The summed E-state index contributed by atoms with van der Waals surface area (Å²) in [6.45, 7) is 3.85. The molecule has 2 aromatic rings. The summed E-state index contributed by atoms with van der Waals surface area (Å²) in [6.07, 6.45) is 3.31. The summed E-state index contributed by atoms with van der Waals surface area (Å²) in [5.74, 6) is -2.15. The van der Waals surface area contributed by atoms with Crippen molar-refractivity contribution in [1.82, 2.24) is 9.97 Å². The topological polar surface area (TPSA) is 100 Å². The van der Waals surface area contributed by atoms with Crippen molar-refractivity contribution in [2.45, 2.75) is 51.9 Å². The Morgan fingerprint density at radius 3 is 2.30 bits per heavy atom. The fourth-order valence-corrected chi connectivity index (χ4v) is 3.26. The van der Waals surface area contributed by atoms with E-state index in [9.17, 15) is 14.7 Å². The van der Waals surface area contributed by atoms with E-state index in [2.05, 4.69) is 16.9 Å². The third kappa shape index (κ3) is 5.26. The Kier molecular flexibility index (Phi) is 7.30. The Balaban J connectivity index is 2.47. The smallest absolute Gasteiger partial charge is 0.335 e.